The first kappa shape index (κ1) is 16.1. The van der Waals surface area contributed by atoms with Crippen LogP contribution in [0.4, 0.5) is 5.00 Å². The molecule has 108 valence electrons. The first-order valence-corrected chi connectivity index (χ1v) is 7.31. The second-order valence-corrected chi connectivity index (χ2v) is 6.61. The summed E-state index contributed by atoms with van der Waals surface area (Å²) in [7, 11) is 4.12. The molecule has 0 aliphatic heterocycles. The number of thiophene rings is 1. The third kappa shape index (κ3) is 6.13. The van der Waals surface area contributed by atoms with E-state index in [0.29, 0.717) is 18.5 Å². The van der Waals surface area contributed by atoms with Crippen LogP contribution in [0.5, 0.6) is 0 Å². The van der Waals surface area contributed by atoms with E-state index in [1.54, 1.807) is 6.07 Å². The third-order valence-electron chi connectivity index (χ3n) is 2.73. The van der Waals surface area contributed by atoms with Crippen molar-refractivity contribution >= 4 is 16.3 Å². The SMILES string of the molecule is CC(C)CC(CN(C)C)NCc1ccc([N+](=O)[O-])s1. The molecule has 0 saturated carbocycles. The third-order valence-corrected chi connectivity index (χ3v) is 3.77. The lowest BCUT2D eigenvalue weighted by molar-refractivity contribution is -0.380. The van der Waals surface area contributed by atoms with Crippen LogP contribution in [0.25, 0.3) is 0 Å². The van der Waals surface area contributed by atoms with Crippen LogP contribution in [0.2, 0.25) is 0 Å². The fourth-order valence-corrected chi connectivity index (χ4v) is 2.81. The molecule has 0 aromatic carbocycles. The molecule has 0 radical (unpaired) electrons. The highest BCUT2D eigenvalue weighted by Crippen LogP contribution is 2.23. The lowest BCUT2D eigenvalue weighted by Crippen LogP contribution is -2.38. The summed E-state index contributed by atoms with van der Waals surface area (Å²) in [5.41, 5.74) is 0. The fourth-order valence-electron chi connectivity index (χ4n) is 2.04. The zero-order chi connectivity index (χ0) is 14.4. The maximum atomic E-state index is 10.6. The van der Waals surface area contributed by atoms with Gasteiger partial charge in [0, 0.05) is 30.1 Å². The van der Waals surface area contributed by atoms with Crippen molar-refractivity contribution in [2.75, 3.05) is 20.6 Å². The van der Waals surface area contributed by atoms with Crippen molar-refractivity contribution in [2.45, 2.75) is 32.9 Å². The van der Waals surface area contributed by atoms with Gasteiger partial charge in [-0.2, -0.15) is 0 Å². The van der Waals surface area contributed by atoms with E-state index in [1.807, 2.05) is 6.07 Å². The van der Waals surface area contributed by atoms with Gasteiger partial charge in [-0.25, -0.2) is 0 Å². The smallest absolute Gasteiger partial charge is 0.308 e. The van der Waals surface area contributed by atoms with Crippen molar-refractivity contribution < 1.29 is 4.92 Å². The maximum Gasteiger partial charge on any atom is 0.324 e. The van der Waals surface area contributed by atoms with Gasteiger partial charge in [0.05, 0.1) is 4.92 Å². The molecule has 0 amide bonds. The Labute approximate surface area is 118 Å². The van der Waals surface area contributed by atoms with Gasteiger partial charge < -0.3 is 10.2 Å². The average Bonchev–Trinajstić information content (AvgIpc) is 2.73. The summed E-state index contributed by atoms with van der Waals surface area (Å²) in [5.74, 6) is 0.634. The number of likely N-dealkylation sites (N-methyl/N-ethyl adjacent to an activating group) is 1. The van der Waals surface area contributed by atoms with Crippen LogP contribution in [-0.2, 0) is 6.54 Å². The molecule has 0 aliphatic carbocycles. The molecule has 5 nitrogen and oxygen atoms in total. The van der Waals surface area contributed by atoms with Gasteiger partial charge in [0.1, 0.15) is 0 Å². The first-order chi connectivity index (χ1) is 8.88. The molecule has 1 N–H and O–H groups in total. The van der Waals surface area contributed by atoms with Gasteiger partial charge in [-0.05, 0) is 32.5 Å². The number of nitrogens with one attached hydrogen (secondary N) is 1. The standard InChI is InChI=1S/C13H23N3O2S/c1-10(2)7-11(9-15(3)4)14-8-12-5-6-13(19-12)16(17)18/h5-6,10-11,14H,7-9H2,1-4H3. The summed E-state index contributed by atoms with van der Waals surface area (Å²) in [4.78, 5) is 13.5. The minimum atomic E-state index is -0.334. The quantitative estimate of drug-likeness (QED) is 0.589. The van der Waals surface area contributed by atoms with Crippen LogP contribution >= 0.6 is 11.3 Å². The topological polar surface area (TPSA) is 58.4 Å². The van der Waals surface area contributed by atoms with Crippen LogP contribution in [0.15, 0.2) is 12.1 Å². The van der Waals surface area contributed by atoms with E-state index >= 15 is 0 Å². The molecule has 0 saturated heterocycles. The minimum absolute atomic E-state index is 0.213. The predicted molar refractivity (Wildman–Crippen MR) is 79.6 cm³/mol. The van der Waals surface area contributed by atoms with Gasteiger partial charge >= 0.3 is 5.00 Å². The van der Waals surface area contributed by atoms with Gasteiger partial charge in [0.2, 0.25) is 0 Å². The lowest BCUT2D eigenvalue weighted by atomic mass is 10.0. The second kappa shape index (κ2) is 7.57. The van der Waals surface area contributed by atoms with Gasteiger partial charge in [0.15, 0.2) is 0 Å². The molecule has 1 aromatic heterocycles. The Morgan fingerprint density at radius 1 is 1.42 bits per heavy atom. The maximum absolute atomic E-state index is 10.6. The van der Waals surface area contributed by atoms with Crippen LogP contribution < -0.4 is 5.32 Å². The van der Waals surface area contributed by atoms with E-state index in [0.717, 1.165) is 17.8 Å². The van der Waals surface area contributed by atoms with Crippen molar-refractivity contribution in [1.29, 1.82) is 0 Å². The molecule has 0 fully saturated rings. The minimum Gasteiger partial charge on any atom is -0.308 e. The molecule has 1 unspecified atom stereocenters. The Morgan fingerprint density at radius 2 is 2.11 bits per heavy atom. The Balaban J connectivity index is 2.51. The summed E-state index contributed by atoms with van der Waals surface area (Å²) < 4.78 is 0. The largest absolute Gasteiger partial charge is 0.324 e. The molecular weight excluding hydrogens is 262 g/mol. The molecule has 0 bridgehead atoms. The van der Waals surface area contributed by atoms with E-state index < -0.39 is 0 Å². The average molecular weight is 285 g/mol. The highest BCUT2D eigenvalue weighted by molar-refractivity contribution is 7.15. The number of rotatable bonds is 8. The van der Waals surface area contributed by atoms with Gasteiger partial charge in [-0.1, -0.05) is 25.2 Å². The van der Waals surface area contributed by atoms with Crippen molar-refractivity contribution in [3.8, 4) is 0 Å². The Hall–Kier alpha value is -0.980. The Morgan fingerprint density at radius 3 is 2.58 bits per heavy atom. The number of hydrogen-bond donors (Lipinski definition) is 1. The molecule has 0 spiro atoms. The molecule has 0 aliphatic rings. The van der Waals surface area contributed by atoms with Gasteiger partial charge in [-0.3, -0.25) is 10.1 Å². The summed E-state index contributed by atoms with van der Waals surface area (Å²) in [5, 5.41) is 14.3. The number of nitrogens with zero attached hydrogens (tertiary/aromatic N) is 2. The number of nitro groups is 1. The van der Waals surface area contributed by atoms with E-state index in [1.165, 1.54) is 11.3 Å². The van der Waals surface area contributed by atoms with Crippen molar-refractivity contribution in [1.82, 2.24) is 10.2 Å². The summed E-state index contributed by atoms with van der Waals surface area (Å²) in [6, 6.07) is 3.82. The number of hydrogen-bond acceptors (Lipinski definition) is 5. The monoisotopic (exact) mass is 285 g/mol. The molecule has 1 atom stereocenters. The van der Waals surface area contributed by atoms with E-state index in [2.05, 4.69) is 38.2 Å². The molecule has 1 heterocycles. The second-order valence-electron chi connectivity index (χ2n) is 5.47. The summed E-state index contributed by atoms with van der Waals surface area (Å²) in [6.07, 6.45) is 1.10. The van der Waals surface area contributed by atoms with E-state index in [-0.39, 0.29) is 9.92 Å². The van der Waals surface area contributed by atoms with Crippen LogP contribution in [0, 0.1) is 16.0 Å². The molecular formula is C13H23N3O2S. The van der Waals surface area contributed by atoms with Gasteiger partial charge in [0.25, 0.3) is 0 Å². The van der Waals surface area contributed by atoms with E-state index in [4.69, 9.17) is 0 Å². The summed E-state index contributed by atoms with van der Waals surface area (Å²) in [6.45, 7) is 6.09. The van der Waals surface area contributed by atoms with E-state index in [9.17, 15) is 10.1 Å². The normalized spacial score (nSPS) is 13.2. The van der Waals surface area contributed by atoms with Gasteiger partial charge in [-0.15, -0.1) is 0 Å². The molecule has 19 heavy (non-hydrogen) atoms. The zero-order valence-electron chi connectivity index (χ0n) is 12.0. The first-order valence-electron chi connectivity index (χ1n) is 6.49. The van der Waals surface area contributed by atoms with Crippen molar-refractivity contribution in [2.24, 2.45) is 5.92 Å². The Kier molecular flexibility index (Phi) is 6.41. The molecule has 1 rings (SSSR count). The zero-order valence-corrected chi connectivity index (χ0v) is 12.9. The highest BCUT2D eigenvalue weighted by atomic mass is 32.1. The summed E-state index contributed by atoms with van der Waals surface area (Å²) >= 11 is 1.25. The Bertz CT molecular complexity index is 394. The van der Waals surface area contributed by atoms with Crippen LogP contribution in [0.3, 0.4) is 0 Å². The molecule has 1 aromatic rings. The van der Waals surface area contributed by atoms with Crippen LogP contribution in [0.1, 0.15) is 25.1 Å². The van der Waals surface area contributed by atoms with Crippen molar-refractivity contribution in [3.63, 3.8) is 0 Å². The highest BCUT2D eigenvalue weighted by Gasteiger charge is 2.14. The van der Waals surface area contributed by atoms with Crippen molar-refractivity contribution in [3.05, 3.63) is 27.1 Å². The molecule has 6 heteroatoms. The lowest BCUT2D eigenvalue weighted by Gasteiger charge is -2.23. The van der Waals surface area contributed by atoms with Crippen LogP contribution in [-0.4, -0.2) is 36.5 Å². The fraction of sp³-hybridized carbons (Fsp3) is 0.692. The predicted octanol–water partition coefficient (Wildman–Crippen LogP) is 2.72.